The summed E-state index contributed by atoms with van der Waals surface area (Å²) >= 11 is 1.77. The number of hydrogen-bond acceptors (Lipinski definition) is 3. The van der Waals surface area contributed by atoms with Crippen LogP contribution >= 0.6 is 11.3 Å². The summed E-state index contributed by atoms with van der Waals surface area (Å²) in [6, 6.07) is 8.28. The molecule has 1 N–H and O–H groups in total. The third kappa shape index (κ3) is 2.03. The van der Waals surface area contributed by atoms with E-state index in [9.17, 15) is 0 Å². The quantitative estimate of drug-likeness (QED) is 0.859. The lowest BCUT2D eigenvalue weighted by Gasteiger charge is -2.22. The highest BCUT2D eigenvalue weighted by Gasteiger charge is 2.22. The molecule has 0 atom stereocenters. The lowest BCUT2D eigenvalue weighted by atomic mass is 10.1. The molecule has 80 valence electrons. The first-order valence-corrected chi connectivity index (χ1v) is 6.06. The first-order chi connectivity index (χ1) is 7.13. The second kappa shape index (κ2) is 3.91. The fourth-order valence-electron chi connectivity index (χ4n) is 1.66. The average molecular weight is 220 g/mol. The predicted molar refractivity (Wildman–Crippen MR) is 66.3 cm³/mol. The van der Waals surface area contributed by atoms with Gasteiger partial charge >= 0.3 is 0 Å². The smallest absolute Gasteiger partial charge is 0.113 e. The monoisotopic (exact) mass is 220 g/mol. The number of benzene rings is 1. The maximum Gasteiger partial charge on any atom is 0.113 e. The first kappa shape index (κ1) is 10.6. The van der Waals surface area contributed by atoms with Crippen LogP contribution in [0.3, 0.4) is 0 Å². The summed E-state index contributed by atoms with van der Waals surface area (Å²) in [5.74, 6) is 0. The van der Waals surface area contributed by atoms with Crippen molar-refractivity contribution < 1.29 is 0 Å². The largest absolute Gasteiger partial charge is 0.306 e. The van der Waals surface area contributed by atoms with Crippen molar-refractivity contribution in [2.75, 3.05) is 6.54 Å². The molecule has 1 aromatic heterocycles. The van der Waals surface area contributed by atoms with Crippen LogP contribution in [0, 0.1) is 0 Å². The molecular weight excluding hydrogens is 204 g/mol. The van der Waals surface area contributed by atoms with E-state index < -0.39 is 0 Å². The SMILES string of the molecule is CCNC(C)(C)c1nc2ccccc2s1. The Morgan fingerprint density at radius 1 is 1.33 bits per heavy atom. The Balaban J connectivity index is 2.44. The Kier molecular flexibility index (Phi) is 2.76. The third-order valence-electron chi connectivity index (χ3n) is 2.45. The molecular formula is C12H16N2S. The summed E-state index contributed by atoms with van der Waals surface area (Å²) in [4.78, 5) is 4.66. The van der Waals surface area contributed by atoms with Crippen molar-refractivity contribution in [3.8, 4) is 0 Å². The van der Waals surface area contributed by atoms with Gasteiger partial charge in [0.2, 0.25) is 0 Å². The molecule has 0 saturated carbocycles. The van der Waals surface area contributed by atoms with Crippen molar-refractivity contribution in [1.29, 1.82) is 0 Å². The average Bonchev–Trinajstić information content (AvgIpc) is 2.61. The molecule has 0 saturated heterocycles. The van der Waals surface area contributed by atoms with Gasteiger partial charge in [-0.05, 0) is 32.5 Å². The molecule has 1 heterocycles. The van der Waals surface area contributed by atoms with E-state index in [1.165, 1.54) is 4.70 Å². The van der Waals surface area contributed by atoms with Crippen LogP contribution in [0.4, 0.5) is 0 Å². The van der Waals surface area contributed by atoms with Gasteiger partial charge in [-0.25, -0.2) is 4.98 Å². The molecule has 0 aliphatic carbocycles. The van der Waals surface area contributed by atoms with E-state index in [1.54, 1.807) is 11.3 Å². The lowest BCUT2D eigenvalue weighted by Crippen LogP contribution is -2.36. The van der Waals surface area contributed by atoms with Crippen molar-refractivity contribution in [1.82, 2.24) is 10.3 Å². The van der Waals surface area contributed by atoms with Gasteiger partial charge in [0.15, 0.2) is 0 Å². The number of para-hydroxylation sites is 1. The molecule has 0 amide bonds. The fourth-order valence-corrected chi connectivity index (χ4v) is 2.70. The van der Waals surface area contributed by atoms with Gasteiger partial charge in [0, 0.05) is 0 Å². The molecule has 2 rings (SSSR count). The standard InChI is InChI=1S/C12H16N2S/c1-4-13-12(2,3)11-14-9-7-5-6-8-10(9)15-11/h5-8,13H,4H2,1-3H3. The Bertz CT molecular complexity index is 426. The lowest BCUT2D eigenvalue weighted by molar-refractivity contribution is 0.414. The highest BCUT2D eigenvalue weighted by atomic mass is 32.1. The highest BCUT2D eigenvalue weighted by Crippen LogP contribution is 2.29. The molecule has 0 spiro atoms. The number of fused-ring (bicyclic) bond motifs is 1. The summed E-state index contributed by atoms with van der Waals surface area (Å²) in [5, 5.41) is 4.60. The van der Waals surface area contributed by atoms with E-state index in [2.05, 4.69) is 49.3 Å². The summed E-state index contributed by atoms with van der Waals surface area (Å²) in [6.07, 6.45) is 0. The van der Waals surface area contributed by atoms with E-state index in [0.717, 1.165) is 17.1 Å². The minimum atomic E-state index is -0.0293. The Morgan fingerprint density at radius 3 is 2.73 bits per heavy atom. The number of thiazole rings is 1. The van der Waals surface area contributed by atoms with Gasteiger partial charge in [0.05, 0.1) is 15.8 Å². The fraction of sp³-hybridized carbons (Fsp3) is 0.417. The van der Waals surface area contributed by atoms with Gasteiger partial charge in [0.1, 0.15) is 5.01 Å². The van der Waals surface area contributed by atoms with Gasteiger partial charge in [-0.1, -0.05) is 19.1 Å². The van der Waals surface area contributed by atoms with Gasteiger partial charge < -0.3 is 5.32 Å². The van der Waals surface area contributed by atoms with Crippen LogP contribution in [-0.4, -0.2) is 11.5 Å². The zero-order chi connectivity index (χ0) is 10.9. The van der Waals surface area contributed by atoms with Gasteiger partial charge in [-0.2, -0.15) is 0 Å². The minimum Gasteiger partial charge on any atom is -0.306 e. The van der Waals surface area contributed by atoms with Crippen molar-refractivity contribution in [3.63, 3.8) is 0 Å². The predicted octanol–water partition coefficient (Wildman–Crippen LogP) is 3.14. The summed E-state index contributed by atoms with van der Waals surface area (Å²) in [7, 11) is 0. The molecule has 1 aromatic carbocycles. The van der Waals surface area contributed by atoms with E-state index in [4.69, 9.17) is 0 Å². The summed E-state index contributed by atoms with van der Waals surface area (Å²) in [5.41, 5.74) is 1.07. The van der Waals surface area contributed by atoms with Crippen LogP contribution in [0.5, 0.6) is 0 Å². The normalized spacial score (nSPS) is 12.2. The second-order valence-electron chi connectivity index (χ2n) is 4.14. The summed E-state index contributed by atoms with van der Waals surface area (Å²) in [6.45, 7) is 7.43. The molecule has 0 aliphatic heterocycles. The van der Waals surface area contributed by atoms with E-state index in [-0.39, 0.29) is 5.54 Å². The zero-order valence-electron chi connectivity index (χ0n) is 9.37. The maximum absolute atomic E-state index is 4.66. The zero-order valence-corrected chi connectivity index (χ0v) is 10.2. The molecule has 0 fully saturated rings. The molecule has 0 unspecified atom stereocenters. The van der Waals surface area contributed by atoms with E-state index in [1.807, 2.05) is 6.07 Å². The van der Waals surface area contributed by atoms with Gasteiger partial charge in [0.25, 0.3) is 0 Å². The molecule has 2 aromatic rings. The van der Waals surface area contributed by atoms with Crippen LogP contribution in [0.25, 0.3) is 10.2 Å². The number of aromatic nitrogens is 1. The Hall–Kier alpha value is -0.930. The van der Waals surface area contributed by atoms with Crippen molar-refractivity contribution in [2.45, 2.75) is 26.3 Å². The highest BCUT2D eigenvalue weighted by molar-refractivity contribution is 7.18. The first-order valence-electron chi connectivity index (χ1n) is 5.24. The topological polar surface area (TPSA) is 24.9 Å². The van der Waals surface area contributed by atoms with Crippen molar-refractivity contribution >= 4 is 21.6 Å². The molecule has 0 bridgehead atoms. The Labute approximate surface area is 94.3 Å². The van der Waals surface area contributed by atoms with Crippen LogP contribution in [-0.2, 0) is 5.54 Å². The molecule has 0 aliphatic rings. The molecule has 3 heteroatoms. The van der Waals surface area contributed by atoms with Gasteiger partial charge in [-0.15, -0.1) is 11.3 Å². The number of hydrogen-bond donors (Lipinski definition) is 1. The summed E-state index contributed by atoms with van der Waals surface area (Å²) < 4.78 is 1.26. The maximum atomic E-state index is 4.66. The molecule has 15 heavy (non-hydrogen) atoms. The van der Waals surface area contributed by atoms with Crippen molar-refractivity contribution in [3.05, 3.63) is 29.3 Å². The molecule has 0 radical (unpaired) electrons. The van der Waals surface area contributed by atoms with Gasteiger partial charge in [-0.3, -0.25) is 0 Å². The number of nitrogens with zero attached hydrogens (tertiary/aromatic N) is 1. The number of nitrogens with one attached hydrogen (secondary N) is 1. The van der Waals surface area contributed by atoms with Crippen LogP contribution < -0.4 is 5.32 Å². The Morgan fingerprint density at radius 2 is 2.07 bits per heavy atom. The van der Waals surface area contributed by atoms with Crippen LogP contribution in [0.2, 0.25) is 0 Å². The third-order valence-corrected chi connectivity index (χ3v) is 3.81. The van der Waals surface area contributed by atoms with E-state index >= 15 is 0 Å². The second-order valence-corrected chi connectivity index (χ2v) is 5.17. The minimum absolute atomic E-state index is 0.0293. The van der Waals surface area contributed by atoms with Crippen LogP contribution in [0.15, 0.2) is 24.3 Å². The van der Waals surface area contributed by atoms with Crippen LogP contribution in [0.1, 0.15) is 25.8 Å². The van der Waals surface area contributed by atoms with Crippen molar-refractivity contribution in [2.24, 2.45) is 0 Å². The van der Waals surface area contributed by atoms with E-state index in [0.29, 0.717) is 0 Å². The number of rotatable bonds is 3. The molecule has 2 nitrogen and oxygen atoms in total.